The highest BCUT2D eigenvalue weighted by Gasteiger charge is 2.23. The van der Waals surface area contributed by atoms with Crippen LogP contribution in [0, 0.1) is 11.8 Å². The van der Waals surface area contributed by atoms with Crippen LogP contribution in [0.4, 0.5) is 5.95 Å². The van der Waals surface area contributed by atoms with Gasteiger partial charge in [0.2, 0.25) is 5.95 Å². The van der Waals surface area contributed by atoms with Gasteiger partial charge in [0, 0.05) is 12.7 Å². The third kappa shape index (κ3) is 1.96. The maximum absolute atomic E-state index is 6.04. The van der Waals surface area contributed by atoms with E-state index in [-0.39, 0.29) is 0 Å². The Hall–Kier alpha value is -1.58. The summed E-state index contributed by atoms with van der Waals surface area (Å²) in [5.41, 5.74) is 8.05. The molecule has 0 spiro atoms. The fourth-order valence-corrected chi connectivity index (χ4v) is 3.09. The summed E-state index contributed by atoms with van der Waals surface area (Å²) in [5, 5.41) is 0. The van der Waals surface area contributed by atoms with Crippen molar-refractivity contribution < 1.29 is 0 Å². The van der Waals surface area contributed by atoms with Gasteiger partial charge in [0.15, 0.2) is 0 Å². The average Bonchev–Trinajstić information content (AvgIpc) is 2.69. The second-order valence-electron chi connectivity index (χ2n) is 5.47. The van der Waals surface area contributed by atoms with Crippen molar-refractivity contribution in [3.05, 3.63) is 18.5 Å². The molecule has 2 aromatic rings. The lowest BCUT2D eigenvalue weighted by Crippen LogP contribution is -2.22. The summed E-state index contributed by atoms with van der Waals surface area (Å²) in [6.45, 7) is 3.36. The molecular weight excluding hydrogens is 224 g/mol. The van der Waals surface area contributed by atoms with Crippen molar-refractivity contribution in [2.75, 3.05) is 5.73 Å². The number of pyridine rings is 1. The predicted octanol–water partition coefficient (Wildman–Crippen LogP) is 2.84. The first-order chi connectivity index (χ1) is 8.75. The molecule has 0 saturated heterocycles. The van der Waals surface area contributed by atoms with Crippen LogP contribution in [0.2, 0.25) is 0 Å². The minimum atomic E-state index is 0.621. The summed E-state index contributed by atoms with van der Waals surface area (Å²) < 4.78 is 2.16. The van der Waals surface area contributed by atoms with E-state index in [9.17, 15) is 0 Å². The van der Waals surface area contributed by atoms with E-state index < -0.39 is 0 Å². The highest BCUT2D eigenvalue weighted by atomic mass is 15.2. The standard InChI is InChI=1S/C14H20N4/c1-10-4-2-3-5-11(10)9-18-13-6-7-16-8-12(13)17-14(18)15/h6-8,10-11H,2-5,9H2,1H3,(H2,15,17). The van der Waals surface area contributed by atoms with Crippen molar-refractivity contribution in [2.45, 2.75) is 39.2 Å². The average molecular weight is 244 g/mol. The molecule has 1 fully saturated rings. The summed E-state index contributed by atoms with van der Waals surface area (Å²) in [6, 6.07) is 2.01. The quantitative estimate of drug-likeness (QED) is 0.883. The van der Waals surface area contributed by atoms with E-state index in [1.165, 1.54) is 25.7 Å². The number of rotatable bonds is 2. The van der Waals surface area contributed by atoms with Gasteiger partial charge in [-0.3, -0.25) is 4.98 Å². The minimum Gasteiger partial charge on any atom is -0.369 e. The van der Waals surface area contributed by atoms with E-state index in [4.69, 9.17) is 5.73 Å². The van der Waals surface area contributed by atoms with Gasteiger partial charge in [-0.25, -0.2) is 4.98 Å². The molecule has 0 aliphatic heterocycles. The van der Waals surface area contributed by atoms with E-state index in [1.54, 1.807) is 6.20 Å². The van der Waals surface area contributed by atoms with E-state index in [0.717, 1.165) is 29.4 Å². The Morgan fingerprint density at radius 1 is 1.39 bits per heavy atom. The maximum Gasteiger partial charge on any atom is 0.201 e. The van der Waals surface area contributed by atoms with Crippen LogP contribution in [0.25, 0.3) is 11.0 Å². The Morgan fingerprint density at radius 2 is 2.22 bits per heavy atom. The molecule has 1 saturated carbocycles. The molecule has 0 radical (unpaired) electrons. The van der Waals surface area contributed by atoms with Gasteiger partial charge < -0.3 is 10.3 Å². The van der Waals surface area contributed by atoms with Gasteiger partial charge in [-0.15, -0.1) is 0 Å². The second kappa shape index (κ2) is 4.59. The molecule has 2 aromatic heterocycles. The Morgan fingerprint density at radius 3 is 3.06 bits per heavy atom. The van der Waals surface area contributed by atoms with Crippen molar-refractivity contribution >= 4 is 17.0 Å². The van der Waals surface area contributed by atoms with Crippen LogP contribution in [0.5, 0.6) is 0 Å². The van der Waals surface area contributed by atoms with Crippen LogP contribution in [0.15, 0.2) is 18.5 Å². The minimum absolute atomic E-state index is 0.621. The summed E-state index contributed by atoms with van der Waals surface area (Å²) in [5.74, 6) is 2.14. The van der Waals surface area contributed by atoms with Crippen LogP contribution < -0.4 is 5.73 Å². The van der Waals surface area contributed by atoms with Gasteiger partial charge in [0.05, 0.1) is 11.7 Å². The molecule has 1 aliphatic carbocycles. The van der Waals surface area contributed by atoms with E-state index in [2.05, 4.69) is 21.5 Å². The molecule has 4 heteroatoms. The molecule has 2 heterocycles. The van der Waals surface area contributed by atoms with Crippen LogP contribution in [0.3, 0.4) is 0 Å². The van der Waals surface area contributed by atoms with Gasteiger partial charge in [0.25, 0.3) is 0 Å². The number of nitrogens with zero attached hydrogens (tertiary/aromatic N) is 3. The van der Waals surface area contributed by atoms with Gasteiger partial charge in [-0.2, -0.15) is 0 Å². The molecule has 18 heavy (non-hydrogen) atoms. The second-order valence-corrected chi connectivity index (χ2v) is 5.47. The molecule has 2 atom stereocenters. The van der Waals surface area contributed by atoms with Crippen molar-refractivity contribution in [1.82, 2.24) is 14.5 Å². The van der Waals surface area contributed by atoms with Crippen molar-refractivity contribution in [3.63, 3.8) is 0 Å². The number of imidazole rings is 1. The Bertz CT molecular complexity index is 546. The number of anilines is 1. The van der Waals surface area contributed by atoms with Crippen LogP contribution in [-0.4, -0.2) is 14.5 Å². The normalized spacial score (nSPS) is 24.5. The third-order valence-electron chi connectivity index (χ3n) is 4.29. The lowest BCUT2D eigenvalue weighted by Gasteiger charge is -2.29. The van der Waals surface area contributed by atoms with Crippen LogP contribution >= 0.6 is 0 Å². The number of hydrogen-bond acceptors (Lipinski definition) is 3. The summed E-state index contributed by atoms with van der Waals surface area (Å²) in [7, 11) is 0. The highest BCUT2D eigenvalue weighted by Crippen LogP contribution is 2.32. The van der Waals surface area contributed by atoms with Crippen molar-refractivity contribution in [3.8, 4) is 0 Å². The third-order valence-corrected chi connectivity index (χ3v) is 4.29. The number of fused-ring (bicyclic) bond motifs is 1. The first-order valence-corrected chi connectivity index (χ1v) is 6.81. The Labute approximate surface area is 107 Å². The molecule has 0 bridgehead atoms. The van der Waals surface area contributed by atoms with Gasteiger partial charge in [-0.05, 0) is 24.3 Å². The largest absolute Gasteiger partial charge is 0.369 e. The van der Waals surface area contributed by atoms with Gasteiger partial charge in [0.1, 0.15) is 5.52 Å². The summed E-state index contributed by atoms with van der Waals surface area (Å²) in [6.07, 6.45) is 8.98. The number of hydrogen-bond donors (Lipinski definition) is 1. The molecular formula is C14H20N4. The number of nitrogen functional groups attached to an aromatic ring is 1. The lowest BCUT2D eigenvalue weighted by atomic mass is 9.80. The van der Waals surface area contributed by atoms with Crippen LogP contribution in [-0.2, 0) is 6.54 Å². The Kier molecular flexibility index (Phi) is 2.94. The molecule has 0 amide bonds. The lowest BCUT2D eigenvalue weighted by molar-refractivity contribution is 0.231. The SMILES string of the molecule is CC1CCCCC1Cn1c(N)nc2cnccc21. The predicted molar refractivity (Wildman–Crippen MR) is 73.1 cm³/mol. The molecule has 3 rings (SSSR count). The zero-order valence-corrected chi connectivity index (χ0v) is 10.8. The topological polar surface area (TPSA) is 56.7 Å². The van der Waals surface area contributed by atoms with Gasteiger partial charge in [-0.1, -0.05) is 26.2 Å². The first kappa shape index (κ1) is 11.5. The Balaban J connectivity index is 1.92. The van der Waals surface area contributed by atoms with Gasteiger partial charge >= 0.3 is 0 Å². The van der Waals surface area contributed by atoms with E-state index in [1.807, 2.05) is 12.3 Å². The van der Waals surface area contributed by atoms with Crippen molar-refractivity contribution in [1.29, 1.82) is 0 Å². The van der Waals surface area contributed by atoms with E-state index in [0.29, 0.717) is 5.95 Å². The maximum atomic E-state index is 6.04. The molecule has 96 valence electrons. The molecule has 2 N–H and O–H groups in total. The zero-order valence-electron chi connectivity index (χ0n) is 10.8. The molecule has 0 aromatic carbocycles. The molecule has 1 aliphatic rings. The number of aromatic nitrogens is 3. The number of nitrogens with two attached hydrogens (primary N) is 1. The van der Waals surface area contributed by atoms with E-state index >= 15 is 0 Å². The fourth-order valence-electron chi connectivity index (χ4n) is 3.09. The first-order valence-electron chi connectivity index (χ1n) is 6.81. The monoisotopic (exact) mass is 244 g/mol. The highest BCUT2D eigenvalue weighted by molar-refractivity contribution is 5.76. The zero-order chi connectivity index (χ0) is 12.5. The molecule has 4 nitrogen and oxygen atoms in total. The summed E-state index contributed by atoms with van der Waals surface area (Å²) >= 11 is 0. The smallest absolute Gasteiger partial charge is 0.201 e. The van der Waals surface area contributed by atoms with Crippen LogP contribution in [0.1, 0.15) is 32.6 Å². The summed E-state index contributed by atoms with van der Waals surface area (Å²) in [4.78, 5) is 8.48. The van der Waals surface area contributed by atoms with Crippen molar-refractivity contribution in [2.24, 2.45) is 11.8 Å². The fraction of sp³-hybridized carbons (Fsp3) is 0.571. The molecule has 2 unspecified atom stereocenters.